The number of hydrogen-bond acceptors (Lipinski definition) is 4. The van der Waals surface area contributed by atoms with Gasteiger partial charge in [-0.05, 0) is 30.5 Å². The van der Waals surface area contributed by atoms with Crippen molar-refractivity contribution in [3.63, 3.8) is 0 Å². The first-order valence-electron chi connectivity index (χ1n) is 4.29. The van der Waals surface area contributed by atoms with Crippen molar-refractivity contribution >= 4 is 6.29 Å². The van der Waals surface area contributed by atoms with E-state index in [9.17, 15) is 4.79 Å². The van der Waals surface area contributed by atoms with E-state index in [1.54, 1.807) is 19.1 Å². The fourth-order valence-corrected chi connectivity index (χ4v) is 1.39. The summed E-state index contributed by atoms with van der Waals surface area (Å²) in [6, 6.07) is 3.42. The molecule has 3 N–H and O–H groups in total. The summed E-state index contributed by atoms with van der Waals surface area (Å²) in [5, 5.41) is 8.79. The maximum Gasteiger partial charge on any atom is 0.160 e. The molecular formula is C10H13NO3. The molecule has 76 valence electrons. The number of aliphatic hydroxyl groups is 1. The number of nitrogens with two attached hydrogens (primary N) is 1. The van der Waals surface area contributed by atoms with Crippen LogP contribution in [0.15, 0.2) is 12.1 Å². The maximum absolute atomic E-state index is 10.6. The van der Waals surface area contributed by atoms with Crippen LogP contribution in [-0.2, 0) is 6.42 Å². The summed E-state index contributed by atoms with van der Waals surface area (Å²) in [4.78, 5) is 15.3. The van der Waals surface area contributed by atoms with Gasteiger partial charge in [0.25, 0.3) is 0 Å². The third kappa shape index (κ3) is 1.92. The van der Waals surface area contributed by atoms with Crippen LogP contribution in [-0.4, -0.2) is 18.0 Å². The number of carbonyl (C=O) groups excluding carboxylic acids is 1. The van der Waals surface area contributed by atoms with Crippen molar-refractivity contribution in [1.29, 1.82) is 0 Å². The molecule has 4 heteroatoms. The van der Waals surface area contributed by atoms with Gasteiger partial charge >= 0.3 is 0 Å². The molecule has 0 saturated heterocycles. The molecule has 0 fully saturated rings. The monoisotopic (exact) mass is 195 g/mol. The first-order valence-corrected chi connectivity index (χ1v) is 4.29. The van der Waals surface area contributed by atoms with Crippen molar-refractivity contribution < 1.29 is 14.7 Å². The second-order valence-corrected chi connectivity index (χ2v) is 2.98. The van der Waals surface area contributed by atoms with Gasteiger partial charge < -0.3 is 9.94 Å². The molecule has 0 heterocycles. The Balaban J connectivity index is 3.20. The lowest BCUT2D eigenvalue weighted by Crippen LogP contribution is -2.08. The molecule has 0 spiro atoms. The Hall–Kier alpha value is -1.39. The van der Waals surface area contributed by atoms with Crippen LogP contribution in [0.4, 0.5) is 0 Å². The van der Waals surface area contributed by atoms with Crippen molar-refractivity contribution in [3.8, 4) is 5.75 Å². The molecule has 0 aliphatic heterocycles. The average molecular weight is 195 g/mol. The zero-order valence-electron chi connectivity index (χ0n) is 7.99. The molecule has 0 aliphatic carbocycles. The zero-order valence-corrected chi connectivity index (χ0v) is 7.99. The summed E-state index contributed by atoms with van der Waals surface area (Å²) in [5.74, 6) is 5.45. The van der Waals surface area contributed by atoms with Gasteiger partial charge in [0.05, 0.1) is 5.56 Å². The second-order valence-electron chi connectivity index (χ2n) is 2.98. The van der Waals surface area contributed by atoms with Gasteiger partial charge in [-0.25, -0.2) is 0 Å². The van der Waals surface area contributed by atoms with Crippen molar-refractivity contribution in [2.45, 2.75) is 13.3 Å². The van der Waals surface area contributed by atoms with Crippen LogP contribution in [0, 0.1) is 6.92 Å². The first kappa shape index (κ1) is 10.7. The third-order valence-electron chi connectivity index (χ3n) is 2.17. The molecule has 0 bridgehead atoms. The van der Waals surface area contributed by atoms with E-state index < -0.39 is 0 Å². The van der Waals surface area contributed by atoms with Gasteiger partial charge in [-0.2, -0.15) is 5.90 Å². The van der Waals surface area contributed by atoms with Gasteiger partial charge in [0, 0.05) is 6.61 Å². The fourth-order valence-electron chi connectivity index (χ4n) is 1.39. The molecule has 0 amide bonds. The maximum atomic E-state index is 10.6. The normalized spacial score (nSPS) is 9.93. The average Bonchev–Trinajstić information content (AvgIpc) is 2.21. The minimum absolute atomic E-state index is 0.0608. The molecule has 0 radical (unpaired) electrons. The molecule has 1 aromatic rings. The second kappa shape index (κ2) is 4.74. The van der Waals surface area contributed by atoms with Gasteiger partial charge in [0.2, 0.25) is 0 Å². The number of aldehydes is 1. The largest absolute Gasteiger partial charge is 0.410 e. The molecule has 0 atom stereocenters. The molecule has 0 unspecified atom stereocenters. The first-order chi connectivity index (χ1) is 6.74. The van der Waals surface area contributed by atoms with E-state index in [2.05, 4.69) is 4.84 Å². The molecule has 1 rings (SSSR count). The van der Waals surface area contributed by atoms with Crippen LogP contribution in [0.5, 0.6) is 5.75 Å². The highest BCUT2D eigenvalue weighted by molar-refractivity contribution is 5.80. The van der Waals surface area contributed by atoms with Crippen molar-refractivity contribution in [2.24, 2.45) is 5.90 Å². The molecule has 1 aromatic carbocycles. The van der Waals surface area contributed by atoms with Gasteiger partial charge in [-0.1, -0.05) is 6.07 Å². The van der Waals surface area contributed by atoms with E-state index in [1.807, 2.05) is 0 Å². The lowest BCUT2D eigenvalue weighted by Gasteiger charge is -2.10. The summed E-state index contributed by atoms with van der Waals surface area (Å²) in [6.07, 6.45) is 1.22. The number of hydrogen-bond donors (Lipinski definition) is 2. The van der Waals surface area contributed by atoms with Crippen molar-refractivity contribution in [1.82, 2.24) is 0 Å². The number of carbonyl (C=O) groups is 1. The lowest BCUT2D eigenvalue weighted by atomic mass is 10.0. The van der Waals surface area contributed by atoms with Crippen LogP contribution in [0.3, 0.4) is 0 Å². The van der Waals surface area contributed by atoms with E-state index in [0.29, 0.717) is 24.0 Å². The Morgan fingerprint density at radius 1 is 1.57 bits per heavy atom. The minimum atomic E-state index is 0.0608. The summed E-state index contributed by atoms with van der Waals surface area (Å²) in [5.41, 5.74) is 2.15. The Bertz CT molecular complexity index is 336. The Labute approximate surface area is 82.3 Å². The van der Waals surface area contributed by atoms with Gasteiger partial charge in [0.15, 0.2) is 12.0 Å². The fraction of sp³-hybridized carbons (Fsp3) is 0.300. The van der Waals surface area contributed by atoms with Gasteiger partial charge in [-0.3, -0.25) is 4.79 Å². The Morgan fingerprint density at radius 3 is 2.79 bits per heavy atom. The number of rotatable bonds is 4. The quantitative estimate of drug-likeness (QED) is 0.545. The zero-order chi connectivity index (χ0) is 10.6. The highest BCUT2D eigenvalue weighted by Crippen LogP contribution is 2.24. The van der Waals surface area contributed by atoms with E-state index in [0.717, 1.165) is 11.1 Å². The standard InChI is InChI=1S/C10H13NO3/c1-7-8(4-5-12)2-3-9(6-13)10(7)14-11/h2-3,6,12H,4-5,11H2,1H3. The van der Waals surface area contributed by atoms with Crippen LogP contribution >= 0.6 is 0 Å². The van der Waals surface area contributed by atoms with Gasteiger partial charge in [0.1, 0.15) is 0 Å². The molecule has 0 aliphatic rings. The highest BCUT2D eigenvalue weighted by Gasteiger charge is 2.09. The van der Waals surface area contributed by atoms with E-state index in [1.165, 1.54) is 0 Å². The molecule has 14 heavy (non-hydrogen) atoms. The minimum Gasteiger partial charge on any atom is -0.410 e. The predicted octanol–water partition coefficient (Wildman–Crippen LogP) is 0.595. The van der Waals surface area contributed by atoms with Crippen LogP contribution < -0.4 is 10.7 Å². The van der Waals surface area contributed by atoms with E-state index in [-0.39, 0.29) is 6.61 Å². The van der Waals surface area contributed by atoms with Crippen LogP contribution in [0.1, 0.15) is 21.5 Å². The summed E-state index contributed by atoms with van der Waals surface area (Å²) in [6.45, 7) is 1.87. The Kier molecular flexibility index (Phi) is 3.62. The summed E-state index contributed by atoms with van der Waals surface area (Å²) in [7, 11) is 0. The van der Waals surface area contributed by atoms with E-state index in [4.69, 9.17) is 11.0 Å². The van der Waals surface area contributed by atoms with E-state index >= 15 is 0 Å². The number of benzene rings is 1. The molecule has 0 saturated carbocycles. The van der Waals surface area contributed by atoms with Crippen LogP contribution in [0.2, 0.25) is 0 Å². The lowest BCUT2D eigenvalue weighted by molar-refractivity contribution is 0.111. The summed E-state index contributed by atoms with van der Waals surface area (Å²) >= 11 is 0. The topological polar surface area (TPSA) is 72.5 Å². The number of aliphatic hydroxyl groups excluding tert-OH is 1. The Morgan fingerprint density at radius 2 is 2.29 bits per heavy atom. The van der Waals surface area contributed by atoms with Crippen LogP contribution in [0.25, 0.3) is 0 Å². The van der Waals surface area contributed by atoms with Crippen molar-refractivity contribution in [3.05, 3.63) is 28.8 Å². The highest BCUT2D eigenvalue weighted by atomic mass is 16.6. The summed E-state index contributed by atoms with van der Waals surface area (Å²) < 4.78 is 0. The molecule has 4 nitrogen and oxygen atoms in total. The SMILES string of the molecule is Cc1c(CCO)ccc(C=O)c1ON. The molecule has 0 aromatic heterocycles. The predicted molar refractivity (Wildman–Crippen MR) is 52.2 cm³/mol. The third-order valence-corrected chi connectivity index (χ3v) is 2.17. The van der Waals surface area contributed by atoms with Crippen molar-refractivity contribution in [2.75, 3.05) is 6.61 Å². The smallest absolute Gasteiger partial charge is 0.160 e. The molecular weight excluding hydrogens is 182 g/mol. The van der Waals surface area contributed by atoms with Gasteiger partial charge in [-0.15, -0.1) is 0 Å².